The fraction of sp³-hybridized carbons (Fsp3) is 0.800. The fourth-order valence-corrected chi connectivity index (χ4v) is 2.31. The Balaban J connectivity index is 2.84. The van der Waals surface area contributed by atoms with Crippen LogP contribution in [0.3, 0.4) is 0 Å². The third kappa shape index (κ3) is 2.28. The molecule has 1 saturated heterocycles. The van der Waals surface area contributed by atoms with Gasteiger partial charge < -0.3 is 10.8 Å². The van der Waals surface area contributed by atoms with Gasteiger partial charge in [-0.3, -0.25) is 14.5 Å². The number of hydrogen-bond donors (Lipinski definition) is 2. The van der Waals surface area contributed by atoms with Gasteiger partial charge in [-0.2, -0.15) is 0 Å². The van der Waals surface area contributed by atoms with Gasteiger partial charge in [0.15, 0.2) is 0 Å². The largest absolute Gasteiger partial charge is 0.480 e. The first-order chi connectivity index (χ1) is 6.99. The summed E-state index contributed by atoms with van der Waals surface area (Å²) in [6.45, 7) is 4.38. The van der Waals surface area contributed by atoms with Gasteiger partial charge in [0.05, 0.1) is 6.04 Å². The Morgan fingerprint density at radius 2 is 2.20 bits per heavy atom. The highest BCUT2D eigenvalue weighted by Crippen LogP contribution is 2.27. The van der Waals surface area contributed by atoms with E-state index < -0.39 is 24.0 Å². The van der Waals surface area contributed by atoms with Crippen molar-refractivity contribution in [2.24, 2.45) is 11.7 Å². The molecule has 0 saturated carbocycles. The molecule has 0 aliphatic carbocycles. The molecule has 5 heteroatoms. The van der Waals surface area contributed by atoms with Crippen molar-refractivity contribution in [3.8, 4) is 0 Å². The first kappa shape index (κ1) is 12.0. The zero-order valence-corrected chi connectivity index (χ0v) is 9.14. The van der Waals surface area contributed by atoms with Gasteiger partial charge in [0, 0.05) is 6.54 Å². The molecule has 15 heavy (non-hydrogen) atoms. The van der Waals surface area contributed by atoms with Gasteiger partial charge in [-0.15, -0.1) is 0 Å². The van der Waals surface area contributed by atoms with Crippen LogP contribution in [0.1, 0.15) is 26.7 Å². The monoisotopic (exact) mass is 214 g/mol. The van der Waals surface area contributed by atoms with Crippen LogP contribution in [-0.2, 0) is 9.59 Å². The Bertz CT molecular complexity index is 267. The van der Waals surface area contributed by atoms with Crippen molar-refractivity contribution in [3.63, 3.8) is 0 Å². The molecule has 0 aromatic rings. The number of carboxylic acid groups (broad SMARTS) is 1. The molecular weight excluding hydrogens is 196 g/mol. The molecule has 0 aromatic heterocycles. The quantitative estimate of drug-likeness (QED) is 0.692. The van der Waals surface area contributed by atoms with Crippen LogP contribution in [0.25, 0.3) is 0 Å². The van der Waals surface area contributed by atoms with Gasteiger partial charge >= 0.3 is 5.97 Å². The maximum absolute atomic E-state index is 11.2. The van der Waals surface area contributed by atoms with Crippen LogP contribution in [0.15, 0.2) is 0 Å². The number of carbonyl (C=O) groups excluding carboxylic acids is 1. The van der Waals surface area contributed by atoms with Gasteiger partial charge in [-0.05, 0) is 18.8 Å². The first-order valence-electron chi connectivity index (χ1n) is 5.26. The number of aliphatic carboxylic acids is 1. The number of nitrogens with zero attached hydrogens (tertiary/aromatic N) is 1. The second-order valence-electron chi connectivity index (χ2n) is 4.11. The highest BCUT2D eigenvalue weighted by atomic mass is 16.4. The van der Waals surface area contributed by atoms with Crippen LogP contribution < -0.4 is 5.73 Å². The Labute approximate surface area is 89.2 Å². The van der Waals surface area contributed by atoms with E-state index in [-0.39, 0.29) is 5.92 Å². The number of rotatable bonds is 4. The van der Waals surface area contributed by atoms with Crippen molar-refractivity contribution in [3.05, 3.63) is 0 Å². The summed E-state index contributed by atoms with van der Waals surface area (Å²) in [6.07, 6.45) is 1.37. The zero-order valence-electron chi connectivity index (χ0n) is 9.14. The highest BCUT2D eigenvalue weighted by Gasteiger charge is 2.41. The predicted molar refractivity (Wildman–Crippen MR) is 55.2 cm³/mol. The fourth-order valence-electron chi connectivity index (χ4n) is 2.31. The van der Waals surface area contributed by atoms with Crippen LogP contribution in [0.5, 0.6) is 0 Å². The second-order valence-corrected chi connectivity index (χ2v) is 4.11. The van der Waals surface area contributed by atoms with Gasteiger partial charge in [0.25, 0.3) is 0 Å². The van der Waals surface area contributed by atoms with Gasteiger partial charge in [-0.25, -0.2) is 0 Å². The smallest absolute Gasteiger partial charge is 0.321 e. The lowest BCUT2D eigenvalue weighted by Crippen LogP contribution is -2.50. The zero-order chi connectivity index (χ0) is 11.6. The molecule has 1 rings (SSSR count). The molecule has 0 aromatic carbocycles. The average molecular weight is 214 g/mol. The van der Waals surface area contributed by atoms with E-state index >= 15 is 0 Å². The standard InChI is InChI=1S/C10H18N2O3/c1-3-7(9(11)13)12-5-4-6(2)8(12)10(14)15/h6-8H,3-5H2,1-2H3,(H2,11,13)(H,14,15). The van der Waals surface area contributed by atoms with E-state index in [1.807, 2.05) is 13.8 Å². The molecule has 1 heterocycles. The third-order valence-corrected chi connectivity index (χ3v) is 3.11. The molecule has 3 atom stereocenters. The lowest BCUT2D eigenvalue weighted by Gasteiger charge is -2.29. The Morgan fingerprint density at radius 3 is 2.60 bits per heavy atom. The van der Waals surface area contributed by atoms with Crippen LogP contribution in [-0.4, -0.2) is 40.5 Å². The van der Waals surface area contributed by atoms with Crippen LogP contribution in [0.4, 0.5) is 0 Å². The Morgan fingerprint density at radius 1 is 1.60 bits per heavy atom. The summed E-state index contributed by atoms with van der Waals surface area (Å²) in [6, 6.07) is -1.02. The maximum atomic E-state index is 11.2. The number of amides is 1. The lowest BCUT2D eigenvalue weighted by molar-refractivity contribution is -0.145. The van der Waals surface area contributed by atoms with Crippen molar-refractivity contribution in [2.45, 2.75) is 38.8 Å². The summed E-state index contributed by atoms with van der Waals surface area (Å²) in [4.78, 5) is 24.0. The molecule has 86 valence electrons. The minimum Gasteiger partial charge on any atom is -0.480 e. The maximum Gasteiger partial charge on any atom is 0.321 e. The second kappa shape index (κ2) is 4.61. The van der Waals surface area contributed by atoms with Crippen LogP contribution >= 0.6 is 0 Å². The van der Waals surface area contributed by atoms with E-state index in [9.17, 15) is 9.59 Å². The molecule has 1 fully saturated rings. The summed E-state index contributed by atoms with van der Waals surface area (Å²) in [5, 5.41) is 9.09. The number of likely N-dealkylation sites (tertiary alicyclic amines) is 1. The van der Waals surface area contributed by atoms with E-state index in [1.54, 1.807) is 4.90 Å². The predicted octanol–water partition coefficient (Wildman–Crippen LogP) is 0.0453. The van der Waals surface area contributed by atoms with Crippen molar-refractivity contribution < 1.29 is 14.7 Å². The first-order valence-corrected chi connectivity index (χ1v) is 5.26. The Hall–Kier alpha value is -1.10. The van der Waals surface area contributed by atoms with Crippen LogP contribution in [0, 0.1) is 5.92 Å². The summed E-state index contributed by atoms with van der Waals surface area (Å²) in [5.74, 6) is -1.21. The average Bonchev–Trinajstić information content (AvgIpc) is 2.48. The molecular formula is C10H18N2O3. The van der Waals surface area contributed by atoms with Gasteiger partial charge in [0.2, 0.25) is 5.91 Å². The van der Waals surface area contributed by atoms with E-state index in [2.05, 4.69) is 0 Å². The van der Waals surface area contributed by atoms with E-state index in [0.717, 1.165) is 6.42 Å². The van der Waals surface area contributed by atoms with E-state index in [4.69, 9.17) is 10.8 Å². The number of hydrogen-bond acceptors (Lipinski definition) is 3. The van der Waals surface area contributed by atoms with Gasteiger partial charge in [0.1, 0.15) is 6.04 Å². The molecule has 0 bridgehead atoms. The third-order valence-electron chi connectivity index (χ3n) is 3.11. The summed E-state index contributed by atoms with van der Waals surface area (Å²) in [5.41, 5.74) is 5.26. The van der Waals surface area contributed by atoms with Crippen molar-refractivity contribution >= 4 is 11.9 Å². The Kier molecular flexibility index (Phi) is 3.68. The topological polar surface area (TPSA) is 83.6 Å². The van der Waals surface area contributed by atoms with E-state index in [0.29, 0.717) is 13.0 Å². The minimum absolute atomic E-state index is 0.0795. The van der Waals surface area contributed by atoms with Crippen molar-refractivity contribution in [2.75, 3.05) is 6.54 Å². The summed E-state index contributed by atoms with van der Waals surface area (Å²) in [7, 11) is 0. The van der Waals surface area contributed by atoms with Gasteiger partial charge in [-0.1, -0.05) is 13.8 Å². The van der Waals surface area contributed by atoms with Crippen LogP contribution in [0.2, 0.25) is 0 Å². The molecule has 5 nitrogen and oxygen atoms in total. The number of carboxylic acids is 1. The van der Waals surface area contributed by atoms with Crippen molar-refractivity contribution in [1.82, 2.24) is 4.90 Å². The molecule has 3 N–H and O–H groups in total. The summed E-state index contributed by atoms with van der Waals surface area (Å²) >= 11 is 0. The minimum atomic E-state index is -0.861. The molecule has 0 spiro atoms. The lowest BCUT2D eigenvalue weighted by atomic mass is 10.0. The molecule has 1 amide bonds. The SMILES string of the molecule is CCC(C(N)=O)N1CCC(C)C1C(=O)O. The normalized spacial score (nSPS) is 28.9. The molecule has 0 radical (unpaired) electrons. The number of nitrogens with two attached hydrogens (primary N) is 1. The molecule has 1 aliphatic rings. The van der Waals surface area contributed by atoms with Crippen molar-refractivity contribution in [1.29, 1.82) is 0 Å². The molecule has 1 aliphatic heterocycles. The summed E-state index contributed by atoms with van der Waals surface area (Å²) < 4.78 is 0. The number of carbonyl (C=O) groups is 2. The highest BCUT2D eigenvalue weighted by molar-refractivity contribution is 5.81. The van der Waals surface area contributed by atoms with E-state index in [1.165, 1.54) is 0 Å². The number of primary amides is 1. The molecule has 3 unspecified atom stereocenters.